The van der Waals surface area contributed by atoms with E-state index in [1.54, 1.807) is 6.92 Å². The quantitative estimate of drug-likeness (QED) is 0.466. The Balaban J connectivity index is 0. The van der Waals surface area contributed by atoms with Crippen LogP contribution in [0.2, 0.25) is 0 Å². The minimum atomic E-state index is -0.891. The van der Waals surface area contributed by atoms with Crippen LogP contribution in [0.25, 0.3) is 0 Å². The van der Waals surface area contributed by atoms with Crippen molar-refractivity contribution in [3.8, 4) is 0 Å². The topological polar surface area (TPSA) is 77.8 Å². The van der Waals surface area contributed by atoms with Gasteiger partial charge < -0.3 is 15.3 Å². The summed E-state index contributed by atoms with van der Waals surface area (Å²) in [4.78, 5) is 9.51. The molecular weight excluding hydrogens is 136 g/mol. The molecule has 0 unspecified atom stereocenters. The third-order valence-corrected chi connectivity index (χ3v) is 0.409. The lowest BCUT2D eigenvalue weighted by Gasteiger charge is -1.70. The van der Waals surface area contributed by atoms with Gasteiger partial charge in [0, 0.05) is 6.08 Å². The van der Waals surface area contributed by atoms with Crippen molar-refractivity contribution in [2.24, 2.45) is 0 Å². The van der Waals surface area contributed by atoms with Gasteiger partial charge in [-0.2, -0.15) is 0 Å². The van der Waals surface area contributed by atoms with Crippen LogP contribution in [0.1, 0.15) is 6.92 Å². The summed E-state index contributed by atoms with van der Waals surface area (Å²) >= 11 is 0. The first-order valence-electron chi connectivity index (χ1n) is 2.76. The largest absolute Gasteiger partial charge is 0.478 e. The molecule has 10 heavy (non-hydrogen) atoms. The van der Waals surface area contributed by atoms with E-state index in [0.29, 0.717) is 0 Å². The van der Waals surface area contributed by atoms with Gasteiger partial charge in [-0.1, -0.05) is 6.08 Å². The zero-order valence-corrected chi connectivity index (χ0v) is 5.82. The Bertz CT molecular complexity index is 95.9. The van der Waals surface area contributed by atoms with Gasteiger partial charge in [0.15, 0.2) is 0 Å². The summed E-state index contributed by atoms with van der Waals surface area (Å²) in [5, 5.41) is 23.1. The molecule has 0 aromatic heterocycles. The third-order valence-electron chi connectivity index (χ3n) is 0.409. The number of allylic oxidation sites excluding steroid dienone is 1. The lowest BCUT2D eigenvalue weighted by molar-refractivity contribution is -0.131. The molecule has 3 N–H and O–H groups in total. The number of hydrogen-bond acceptors (Lipinski definition) is 3. The van der Waals surface area contributed by atoms with Crippen LogP contribution in [0.4, 0.5) is 0 Å². The highest BCUT2D eigenvalue weighted by Crippen LogP contribution is 1.65. The number of aliphatic hydroxyl groups is 2. The summed E-state index contributed by atoms with van der Waals surface area (Å²) in [7, 11) is 0. The van der Waals surface area contributed by atoms with E-state index in [1.165, 1.54) is 6.08 Å². The van der Waals surface area contributed by atoms with Crippen molar-refractivity contribution in [3.05, 3.63) is 12.2 Å². The molecule has 0 atom stereocenters. The summed E-state index contributed by atoms with van der Waals surface area (Å²) in [5.41, 5.74) is 0. The standard InChI is InChI=1S/C4H6O2.C2H6O2/c1-2-3-4(5)6;3-1-2-4/h2-3H,1H3,(H,5,6);3-4H,1-2H2/b3-2+;. The Morgan fingerprint density at radius 1 is 1.40 bits per heavy atom. The maximum atomic E-state index is 9.51. The van der Waals surface area contributed by atoms with Crippen LogP contribution < -0.4 is 0 Å². The van der Waals surface area contributed by atoms with E-state index >= 15 is 0 Å². The molecule has 0 aromatic carbocycles. The molecule has 0 spiro atoms. The molecule has 60 valence electrons. The maximum Gasteiger partial charge on any atom is 0.327 e. The molecule has 0 bridgehead atoms. The normalized spacial score (nSPS) is 8.70. The molecule has 4 heteroatoms. The first kappa shape index (κ1) is 11.9. The monoisotopic (exact) mass is 148 g/mol. The van der Waals surface area contributed by atoms with E-state index in [9.17, 15) is 4.79 Å². The Kier molecular flexibility index (Phi) is 13.1. The zero-order chi connectivity index (χ0) is 8.41. The van der Waals surface area contributed by atoms with Crippen LogP contribution >= 0.6 is 0 Å². The van der Waals surface area contributed by atoms with Crippen LogP contribution in [0.5, 0.6) is 0 Å². The number of aliphatic carboxylic acids is 1. The number of carbonyl (C=O) groups is 1. The van der Waals surface area contributed by atoms with Crippen molar-refractivity contribution in [1.29, 1.82) is 0 Å². The highest BCUT2D eigenvalue weighted by molar-refractivity contribution is 5.79. The van der Waals surface area contributed by atoms with Crippen molar-refractivity contribution in [3.63, 3.8) is 0 Å². The third kappa shape index (κ3) is 27.3. The van der Waals surface area contributed by atoms with Gasteiger partial charge in [0.25, 0.3) is 0 Å². The molecule has 0 aliphatic heterocycles. The van der Waals surface area contributed by atoms with Gasteiger partial charge in [-0.05, 0) is 6.92 Å². The van der Waals surface area contributed by atoms with Crippen molar-refractivity contribution in [2.45, 2.75) is 6.92 Å². The van der Waals surface area contributed by atoms with Crippen molar-refractivity contribution in [1.82, 2.24) is 0 Å². The second-order valence-electron chi connectivity index (χ2n) is 1.29. The fraction of sp³-hybridized carbons (Fsp3) is 0.500. The SMILES string of the molecule is C/C=C/C(=O)O.OCCO. The average Bonchev–Trinajstić information content (AvgIpc) is 1.89. The first-order chi connectivity index (χ1) is 4.68. The average molecular weight is 148 g/mol. The second-order valence-corrected chi connectivity index (χ2v) is 1.29. The summed E-state index contributed by atoms with van der Waals surface area (Å²) in [6, 6.07) is 0. The fourth-order valence-corrected chi connectivity index (χ4v) is 0.143. The summed E-state index contributed by atoms with van der Waals surface area (Å²) in [6.07, 6.45) is 2.56. The minimum absolute atomic E-state index is 0.125. The molecular formula is C6H12O4. The second kappa shape index (κ2) is 11.0. The molecule has 0 aliphatic carbocycles. The molecule has 0 saturated carbocycles. The van der Waals surface area contributed by atoms with Crippen LogP contribution in [0.15, 0.2) is 12.2 Å². The van der Waals surface area contributed by atoms with Crippen LogP contribution in [-0.4, -0.2) is 34.5 Å². The first-order valence-corrected chi connectivity index (χ1v) is 2.76. The molecule has 0 rings (SSSR count). The Morgan fingerprint density at radius 2 is 1.80 bits per heavy atom. The van der Waals surface area contributed by atoms with E-state index in [4.69, 9.17) is 15.3 Å². The summed E-state index contributed by atoms with van der Waals surface area (Å²) in [5.74, 6) is -0.891. The highest BCUT2D eigenvalue weighted by Gasteiger charge is 1.76. The van der Waals surface area contributed by atoms with Gasteiger partial charge in [0.1, 0.15) is 0 Å². The van der Waals surface area contributed by atoms with Crippen LogP contribution in [0.3, 0.4) is 0 Å². The van der Waals surface area contributed by atoms with Gasteiger partial charge in [-0.25, -0.2) is 4.79 Å². The lowest BCUT2D eigenvalue weighted by atomic mass is 10.5. The lowest BCUT2D eigenvalue weighted by Crippen LogP contribution is -1.85. The Morgan fingerprint density at radius 3 is 1.80 bits per heavy atom. The molecule has 0 aromatic rings. The Labute approximate surface area is 59.4 Å². The predicted octanol–water partition coefficient (Wildman–Crippen LogP) is -0.382. The summed E-state index contributed by atoms with van der Waals surface area (Å²) < 4.78 is 0. The molecule has 0 fully saturated rings. The maximum absolute atomic E-state index is 9.51. The van der Waals surface area contributed by atoms with Crippen LogP contribution in [0, 0.1) is 0 Å². The number of hydrogen-bond donors (Lipinski definition) is 3. The predicted molar refractivity (Wildman–Crippen MR) is 36.6 cm³/mol. The summed E-state index contributed by atoms with van der Waals surface area (Å²) in [6.45, 7) is 1.41. The molecule has 0 radical (unpaired) electrons. The van der Waals surface area contributed by atoms with Crippen LogP contribution in [-0.2, 0) is 4.79 Å². The number of carboxylic acid groups (broad SMARTS) is 1. The zero-order valence-electron chi connectivity index (χ0n) is 5.82. The van der Waals surface area contributed by atoms with E-state index in [1.807, 2.05) is 0 Å². The fourth-order valence-electron chi connectivity index (χ4n) is 0.143. The van der Waals surface area contributed by atoms with Gasteiger partial charge >= 0.3 is 5.97 Å². The van der Waals surface area contributed by atoms with E-state index < -0.39 is 5.97 Å². The van der Waals surface area contributed by atoms with Crippen molar-refractivity contribution in [2.75, 3.05) is 13.2 Å². The molecule has 4 nitrogen and oxygen atoms in total. The smallest absolute Gasteiger partial charge is 0.327 e. The van der Waals surface area contributed by atoms with Crippen molar-refractivity contribution >= 4 is 5.97 Å². The van der Waals surface area contributed by atoms with E-state index in [2.05, 4.69) is 0 Å². The molecule has 0 heterocycles. The number of rotatable bonds is 2. The van der Waals surface area contributed by atoms with Crippen molar-refractivity contribution < 1.29 is 20.1 Å². The molecule has 0 amide bonds. The highest BCUT2D eigenvalue weighted by atomic mass is 16.4. The number of aliphatic hydroxyl groups excluding tert-OH is 2. The van der Waals surface area contributed by atoms with Gasteiger partial charge in [-0.15, -0.1) is 0 Å². The molecule has 0 saturated heterocycles. The minimum Gasteiger partial charge on any atom is -0.478 e. The van der Waals surface area contributed by atoms with E-state index in [-0.39, 0.29) is 13.2 Å². The molecule has 0 aliphatic rings. The van der Waals surface area contributed by atoms with Gasteiger partial charge in [0.2, 0.25) is 0 Å². The van der Waals surface area contributed by atoms with Gasteiger partial charge in [0.05, 0.1) is 13.2 Å². The number of carboxylic acids is 1. The van der Waals surface area contributed by atoms with E-state index in [0.717, 1.165) is 6.08 Å². The Hall–Kier alpha value is -0.870. The van der Waals surface area contributed by atoms with Gasteiger partial charge in [-0.3, -0.25) is 0 Å².